The SMILES string of the molecule is CC(C)CCC(=O)N1CCNC(=O)C1(C)C. The van der Waals surface area contributed by atoms with E-state index in [1.807, 2.05) is 0 Å². The summed E-state index contributed by atoms with van der Waals surface area (Å²) in [5.41, 5.74) is -0.702. The van der Waals surface area contributed by atoms with E-state index in [0.717, 1.165) is 6.42 Å². The van der Waals surface area contributed by atoms with E-state index >= 15 is 0 Å². The van der Waals surface area contributed by atoms with E-state index in [0.29, 0.717) is 25.4 Å². The molecule has 1 aliphatic heterocycles. The van der Waals surface area contributed by atoms with Crippen LogP contribution in [0.5, 0.6) is 0 Å². The number of nitrogens with one attached hydrogen (secondary N) is 1. The topological polar surface area (TPSA) is 49.4 Å². The van der Waals surface area contributed by atoms with E-state index in [1.54, 1.807) is 18.7 Å². The third-order valence-corrected chi connectivity index (χ3v) is 3.09. The van der Waals surface area contributed by atoms with Crippen LogP contribution in [-0.4, -0.2) is 35.3 Å². The number of rotatable bonds is 3. The summed E-state index contributed by atoms with van der Waals surface area (Å²) in [4.78, 5) is 25.4. The predicted molar refractivity (Wildman–Crippen MR) is 62.9 cm³/mol. The van der Waals surface area contributed by atoms with Gasteiger partial charge in [-0.1, -0.05) is 13.8 Å². The van der Waals surface area contributed by atoms with Gasteiger partial charge in [0, 0.05) is 19.5 Å². The maximum absolute atomic E-state index is 12.0. The molecule has 1 heterocycles. The van der Waals surface area contributed by atoms with Crippen molar-refractivity contribution in [3.05, 3.63) is 0 Å². The summed E-state index contributed by atoms with van der Waals surface area (Å²) in [5, 5.41) is 2.79. The molecule has 0 unspecified atom stereocenters. The van der Waals surface area contributed by atoms with Gasteiger partial charge in [0.05, 0.1) is 0 Å². The maximum Gasteiger partial charge on any atom is 0.245 e. The van der Waals surface area contributed by atoms with Crippen LogP contribution in [0.2, 0.25) is 0 Å². The van der Waals surface area contributed by atoms with Crippen molar-refractivity contribution in [3.8, 4) is 0 Å². The van der Waals surface area contributed by atoms with E-state index in [-0.39, 0.29) is 11.8 Å². The van der Waals surface area contributed by atoms with Gasteiger partial charge in [0.2, 0.25) is 11.8 Å². The zero-order valence-electron chi connectivity index (χ0n) is 10.7. The minimum Gasteiger partial charge on any atom is -0.352 e. The normalized spacial score (nSPS) is 19.8. The molecule has 1 rings (SSSR count). The Balaban J connectivity index is 2.63. The highest BCUT2D eigenvalue weighted by Crippen LogP contribution is 2.19. The fourth-order valence-electron chi connectivity index (χ4n) is 1.88. The van der Waals surface area contributed by atoms with Crippen molar-refractivity contribution in [2.24, 2.45) is 5.92 Å². The van der Waals surface area contributed by atoms with Crippen LogP contribution in [0.1, 0.15) is 40.5 Å². The lowest BCUT2D eigenvalue weighted by molar-refractivity contribution is -0.149. The van der Waals surface area contributed by atoms with Gasteiger partial charge in [-0.3, -0.25) is 9.59 Å². The number of piperazine rings is 1. The smallest absolute Gasteiger partial charge is 0.245 e. The Labute approximate surface area is 97.4 Å². The van der Waals surface area contributed by atoms with E-state index in [4.69, 9.17) is 0 Å². The van der Waals surface area contributed by atoms with Gasteiger partial charge in [0.25, 0.3) is 0 Å². The van der Waals surface area contributed by atoms with E-state index in [2.05, 4.69) is 19.2 Å². The highest BCUT2D eigenvalue weighted by molar-refractivity contribution is 5.91. The molecule has 0 bridgehead atoms. The second kappa shape index (κ2) is 4.85. The van der Waals surface area contributed by atoms with Gasteiger partial charge in [-0.25, -0.2) is 0 Å². The number of carbonyl (C=O) groups excluding carboxylic acids is 2. The van der Waals surface area contributed by atoms with Crippen LogP contribution in [0.25, 0.3) is 0 Å². The van der Waals surface area contributed by atoms with Gasteiger partial charge in [0.15, 0.2) is 0 Å². The number of hydrogen-bond acceptors (Lipinski definition) is 2. The fourth-order valence-corrected chi connectivity index (χ4v) is 1.88. The molecule has 1 saturated heterocycles. The average Bonchev–Trinajstić information content (AvgIpc) is 2.18. The van der Waals surface area contributed by atoms with Crippen LogP contribution < -0.4 is 5.32 Å². The molecule has 1 fully saturated rings. The average molecular weight is 226 g/mol. The van der Waals surface area contributed by atoms with Crippen molar-refractivity contribution in [3.63, 3.8) is 0 Å². The molecule has 0 atom stereocenters. The Hall–Kier alpha value is -1.06. The molecule has 0 aromatic heterocycles. The van der Waals surface area contributed by atoms with Gasteiger partial charge >= 0.3 is 0 Å². The molecular weight excluding hydrogens is 204 g/mol. The maximum atomic E-state index is 12.0. The van der Waals surface area contributed by atoms with Crippen molar-refractivity contribution in [1.82, 2.24) is 10.2 Å². The summed E-state index contributed by atoms with van der Waals surface area (Å²) in [6, 6.07) is 0. The van der Waals surface area contributed by atoms with Crippen LogP contribution in [-0.2, 0) is 9.59 Å². The quantitative estimate of drug-likeness (QED) is 0.785. The standard InChI is InChI=1S/C12H22N2O2/c1-9(2)5-6-10(15)14-8-7-13-11(16)12(14,3)4/h9H,5-8H2,1-4H3,(H,13,16). The molecule has 4 heteroatoms. The zero-order chi connectivity index (χ0) is 12.3. The highest BCUT2D eigenvalue weighted by atomic mass is 16.2. The summed E-state index contributed by atoms with van der Waals surface area (Å²) in [7, 11) is 0. The van der Waals surface area contributed by atoms with E-state index < -0.39 is 5.54 Å². The largest absolute Gasteiger partial charge is 0.352 e. The molecule has 0 spiro atoms. The van der Waals surface area contributed by atoms with Crippen LogP contribution in [0.4, 0.5) is 0 Å². The first-order valence-electron chi connectivity index (χ1n) is 5.94. The van der Waals surface area contributed by atoms with Gasteiger partial charge in [-0.15, -0.1) is 0 Å². The molecule has 0 aromatic carbocycles. The van der Waals surface area contributed by atoms with Crippen molar-refractivity contribution >= 4 is 11.8 Å². The van der Waals surface area contributed by atoms with Gasteiger partial charge < -0.3 is 10.2 Å². The molecule has 1 aliphatic rings. The Bertz CT molecular complexity index is 285. The van der Waals surface area contributed by atoms with Gasteiger partial charge in [-0.2, -0.15) is 0 Å². The molecule has 16 heavy (non-hydrogen) atoms. The van der Waals surface area contributed by atoms with E-state index in [9.17, 15) is 9.59 Å². The van der Waals surface area contributed by atoms with Crippen LogP contribution in [0, 0.1) is 5.92 Å². The van der Waals surface area contributed by atoms with Crippen molar-refractivity contribution in [2.75, 3.05) is 13.1 Å². The van der Waals surface area contributed by atoms with E-state index in [1.165, 1.54) is 0 Å². The lowest BCUT2D eigenvalue weighted by Gasteiger charge is -2.41. The zero-order valence-corrected chi connectivity index (χ0v) is 10.7. The molecule has 0 radical (unpaired) electrons. The van der Waals surface area contributed by atoms with Crippen LogP contribution >= 0.6 is 0 Å². The third-order valence-electron chi connectivity index (χ3n) is 3.09. The summed E-state index contributed by atoms with van der Waals surface area (Å²) in [6.45, 7) is 8.98. The van der Waals surface area contributed by atoms with Crippen molar-refractivity contribution in [2.45, 2.75) is 46.1 Å². The minimum absolute atomic E-state index is 0.0587. The molecule has 92 valence electrons. The summed E-state index contributed by atoms with van der Waals surface area (Å²) in [5.74, 6) is 0.552. The first-order valence-corrected chi connectivity index (χ1v) is 5.94. The third kappa shape index (κ3) is 2.74. The Morgan fingerprint density at radius 1 is 1.50 bits per heavy atom. The lowest BCUT2D eigenvalue weighted by atomic mass is 9.97. The molecule has 0 aromatic rings. The Morgan fingerprint density at radius 2 is 2.12 bits per heavy atom. The van der Waals surface area contributed by atoms with Crippen molar-refractivity contribution < 1.29 is 9.59 Å². The Kier molecular flexibility index (Phi) is 3.94. The summed E-state index contributed by atoms with van der Waals surface area (Å²) < 4.78 is 0. The van der Waals surface area contributed by atoms with Crippen LogP contribution in [0.15, 0.2) is 0 Å². The Morgan fingerprint density at radius 3 is 2.69 bits per heavy atom. The molecule has 0 aliphatic carbocycles. The number of hydrogen-bond donors (Lipinski definition) is 1. The number of amides is 2. The second-order valence-corrected chi connectivity index (χ2v) is 5.29. The molecule has 0 saturated carbocycles. The monoisotopic (exact) mass is 226 g/mol. The first kappa shape index (κ1) is 13.0. The second-order valence-electron chi connectivity index (χ2n) is 5.29. The first-order chi connectivity index (χ1) is 7.35. The van der Waals surface area contributed by atoms with Crippen LogP contribution in [0.3, 0.4) is 0 Å². The van der Waals surface area contributed by atoms with Gasteiger partial charge in [0.1, 0.15) is 5.54 Å². The number of carbonyl (C=O) groups is 2. The summed E-state index contributed by atoms with van der Waals surface area (Å²) >= 11 is 0. The minimum atomic E-state index is -0.702. The fraction of sp³-hybridized carbons (Fsp3) is 0.833. The number of nitrogens with zero attached hydrogens (tertiary/aromatic N) is 1. The highest BCUT2D eigenvalue weighted by Gasteiger charge is 2.39. The molecular formula is C12H22N2O2. The summed E-state index contributed by atoms with van der Waals surface area (Å²) in [6.07, 6.45) is 1.42. The molecule has 4 nitrogen and oxygen atoms in total. The van der Waals surface area contributed by atoms with Crippen molar-refractivity contribution in [1.29, 1.82) is 0 Å². The molecule has 1 N–H and O–H groups in total. The lowest BCUT2D eigenvalue weighted by Crippen LogP contribution is -2.63. The van der Waals surface area contributed by atoms with Gasteiger partial charge in [-0.05, 0) is 26.2 Å². The molecule has 2 amide bonds. The predicted octanol–water partition coefficient (Wildman–Crippen LogP) is 1.16.